The Morgan fingerprint density at radius 3 is 2.71 bits per heavy atom. The molecule has 1 amide bonds. The van der Waals surface area contributed by atoms with E-state index in [1.54, 1.807) is 15.6 Å². The van der Waals surface area contributed by atoms with Crippen molar-refractivity contribution >= 4 is 16.8 Å². The second kappa shape index (κ2) is 8.03. The maximum Gasteiger partial charge on any atom is 0.274 e. The third-order valence-corrected chi connectivity index (χ3v) is 6.80. The molecule has 1 saturated heterocycles. The van der Waals surface area contributed by atoms with Gasteiger partial charge in [0.15, 0.2) is 5.69 Å². The molecule has 4 aromatic rings. The Bertz CT molecular complexity index is 1520. The fourth-order valence-electron chi connectivity index (χ4n) is 4.91. The molecule has 35 heavy (non-hydrogen) atoms. The highest BCUT2D eigenvalue weighted by molar-refractivity contribution is 5.95. The number of likely N-dealkylation sites (tertiary alicyclic amines) is 1. The number of halogens is 1. The Labute approximate surface area is 201 Å². The number of carbonyl (C=O) groups is 1. The van der Waals surface area contributed by atoms with Crippen molar-refractivity contribution < 1.29 is 9.18 Å². The average Bonchev–Trinajstić information content (AvgIpc) is 3.28. The Balaban J connectivity index is 1.58. The van der Waals surface area contributed by atoms with Gasteiger partial charge in [-0.2, -0.15) is 10.4 Å². The van der Waals surface area contributed by atoms with Crippen molar-refractivity contribution in [2.75, 3.05) is 13.1 Å². The summed E-state index contributed by atoms with van der Waals surface area (Å²) in [7, 11) is 1.87. The molecule has 3 heterocycles. The molecule has 0 radical (unpaired) electrons. The topological polar surface area (TPSA) is 106 Å². The second-order valence-corrected chi connectivity index (χ2v) is 9.43. The predicted octanol–water partition coefficient (Wildman–Crippen LogP) is 3.49. The molecule has 2 aromatic carbocycles. The summed E-state index contributed by atoms with van der Waals surface area (Å²) in [5.41, 5.74) is 9.39. The van der Waals surface area contributed by atoms with Gasteiger partial charge in [-0.3, -0.25) is 14.0 Å². The molecule has 1 atom stereocenters. The minimum absolute atomic E-state index is 0.0356. The zero-order chi connectivity index (χ0) is 24.3. The van der Waals surface area contributed by atoms with Gasteiger partial charge < -0.3 is 10.6 Å². The molecule has 6 rings (SSSR count). The number of nitriles is 1. The van der Waals surface area contributed by atoms with Gasteiger partial charge in [0.25, 0.3) is 5.91 Å². The van der Waals surface area contributed by atoms with Gasteiger partial charge in [0.1, 0.15) is 17.7 Å². The number of nitrogens with two attached hydrogens (primary N) is 1. The molecule has 0 spiro atoms. The van der Waals surface area contributed by atoms with E-state index in [2.05, 4.69) is 5.10 Å². The van der Waals surface area contributed by atoms with E-state index in [0.29, 0.717) is 30.2 Å². The normalized spacial score (nSPS) is 17.8. The van der Waals surface area contributed by atoms with Crippen molar-refractivity contribution in [3.05, 3.63) is 65.4 Å². The molecule has 0 unspecified atom stereocenters. The van der Waals surface area contributed by atoms with E-state index in [-0.39, 0.29) is 23.4 Å². The number of carbonyl (C=O) groups excluding carboxylic acids is 1. The van der Waals surface area contributed by atoms with E-state index in [1.165, 1.54) is 12.1 Å². The number of imidazole rings is 1. The number of aromatic nitrogens is 4. The molecule has 1 aliphatic heterocycles. The van der Waals surface area contributed by atoms with Gasteiger partial charge in [-0.05, 0) is 55.7 Å². The van der Waals surface area contributed by atoms with Crippen LogP contribution in [0.2, 0.25) is 0 Å². The Hall–Kier alpha value is -4.03. The van der Waals surface area contributed by atoms with E-state index in [9.17, 15) is 14.4 Å². The maximum atomic E-state index is 14.6. The number of hydrogen-bond donors (Lipinski definition) is 1. The molecule has 2 fully saturated rings. The highest BCUT2D eigenvalue weighted by Crippen LogP contribution is 2.45. The van der Waals surface area contributed by atoms with E-state index in [0.717, 1.165) is 41.5 Å². The highest BCUT2D eigenvalue weighted by atomic mass is 19.1. The van der Waals surface area contributed by atoms with E-state index in [4.69, 9.17) is 10.7 Å². The highest BCUT2D eigenvalue weighted by Gasteiger charge is 2.38. The van der Waals surface area contributed by atoms with Crippen molar-refractivity contribution in [3.8, 4) is 23.1 Å². The van der Waals surface area contributed by atoms with Gasteiger partial charge in [-0.1, -0.05) is 0 Å². The zero-order valence-corrected chi connectivity index (χ0v) is 19.3. The summed E-state index contributed by atoms with van der Waals surface area (Å²) < 4.78 is 18.4. The molecule has 2 N–H and O–H groups in total. The van der Waals surface area contributed by atoms with Crippen LogP contribution >= 0.6 is 0 Å². The van der Waals surface area contributed by atoms with Gasteiger partial charge in [-0.15, -0.1) is 0 Å². The molecule has 1 saturated carbocycles. The summed E-state index contributed by atoms with van der Waals surface area (Å²) in [4.78, 5) is 20.2. The predicted molar refractivity (Wildman–Crippen MR) is 128 cm³/mol. The Morgan fingerprint density at radius 1 is 1.20 bits per heavy atom. The van der Waals surface area contributed by atoms with E-state index < -0.39 is 5.82 Å². The van der Waals surface area contributed by atoms with Crippen LogP contribution in [0.15, 0.2) is 42.6 Å². The first kappa shape index (κ1) is 21.5. The van der Waals surface area contributed by atoms with Crippen molar-refractivity contribution in [2.24, 2.45) is 12.8 Å². The fourth-order valence-corrected chi connectivity index (χ4v) is 4.91. The van der Waals surface area contributed by atoms with Crippen LogP contribution in [-0.4, -0.2) is 49.3 Å². The lowest BCUT2D eigenvalue weighted by Gasteiger charge is -2.16. The molecule has 2 aromatic heterocycles. The molecule has 1 aliphatic carbocycles. The second-order valence-electron chi connectivity index (χ2n) is 9.43. The van der Waals surface area contributed by atoms with Crippen LogP contribution in [0.1, 0.15) is 46.9 Å². The van der Waals surface area contributed by atoms with Gasteiger partial charge in [0.2, 0.25) is 0 Å². The van der Waals surface area contributed by atoms with Crippen LogP contribution in [0.3, 0.4) is 0 Å². The maximum absolute atomic E-state index is 14.6. The first-order valence-corrected chi connectivity index (χ1v) is 11.7. The molecule has 9 heteroatoms. The van der Waals surface area contributed by atoms with Gasteiger partial charge in [0, 0.05) is 54.9 Å². The van der Waals surface area contributed by atoms with Gasteiger partial charge in [0.05, 0.1) is 16.8 Å². The van der Waals surface area contributed by atoms with Crippen molar-refractivity contribution in [1.82, 2.24) is 24.2 Å². The van der Waals surface area contributed by atoms with Crippen LogP contribution in [0, 0.1) is 17.1 Å². The lowest BCUT2D eigenvalue weighted by atomic mass is 10.1. The SMILES string of the molecule is Cn1cc2ccc(-n3c(-c4ccc(C#N)c(F)c4)nc(C(=O)N4CC[C@H](N)C4)c3C3CC3)cc2n1. The molecule has 8 nitrogen and oxygen atoms in total. The molecule has 176 valence electrons. The number of rotatable bonds is 4. The number of hydrogen-bond acceptors (Lipinski definition) is 5. The Morgan fingerprint density at radius 2 is 2.03 bits per heavy atom. The van der Waals surface area contributed by atoms with E-state index >= 15 is 0 Å². The third-order valence-electron chi connectivity index (χ3n) is 6.80. The first-order chi connectivity index (χ1) is 16.9. The minimum Gasteiger partial charge on any atom is -0.336 e. The van der Waals surface area contributed by atoms with Gasteiger partial charge in [-0.25, -0.2) is 9.37 Å². The largest absolute Gasteiger partial charge is 0.336 e. The monoisotopic (exact) mass is 469 g/mol. The summed E-state index contributed by atoms with van der Waals surface area (Å²) in [6.07, 6.45) is 4.61. The summed E-state index contributed by atoms with van der Waals surface area (Å²) in [6.45, 7) is 1.09. The van der Waals surface area contributed by atoms with Crippen LogP contribution in [0.4, 0.5) is 4.39 Å². The molecular formula is C26H24FN7O. The first-order valence-electron chi connectivity index (χ1n) is 11.7. The smallest absolute Gasteiger partial charge is 0.274 e. The van der Waals surface area contributed by atoms with Crippen molar-refractivity contribution in [1.29, 1.82) is 5.26 Å². The number of amides is 1. The zero-order valence-electron chi connectivity index (χ0n) is 19.3. The summed E-state index contributed by atoms with van der Waals surface area (Å²) >= 11 is 0. The minimum atomic E-state index is -0.619. The number of aryl methyl sites for hydroxylation is 1. The molecule has 2 aliphatic rings. The lowest BCUT2D eigenvalue weighted by molar-refractivity contribution is 0.0784. The van der Waals surface area contributed by atoms with Crippen LogP contribution < -0.4 is 5.73 Å². The molecular weight excluding hydrogens is 445 g/mol. The third kappa shape index (κ3) is 3.67. The van der Waals surface area contributed by atoms with Crippen LogP contribution in [0.25, 0.3) is 28.0 Å². The fraction of sp³-hybridized carbons (Fsp3) is 0.308. The number of benzene rings is 2. The summed E-state index contributed by atoms with van der Waals surface area (Å²) in [5, 5.41) is 14.7. The number of nitrogens with zero attached hydrogens (tertiary/aromatic N) is 6. The average molecular weight is 470 g/mol. The lowest BCUT2D eigenvalue weighted by Crippen LogP contribution is -2.32. The Kier molecular flexibility index (Phi) is 4.93. The summed E-state index contributed by atoms with van der Waals surface area (Å²) in [6, 6.07) is 12.2. The quantitative estimate of drug-likeness (QED) is 0.493. The van der Waals surface area contributed by atoms with Crippen LogP contribution in [0.5, 0.6) is 0 Å². The van der Waals surface area contributed by atoms with E-state index in [1.807, 2.05) is 42.1 Å². The molecule has 0 bridgehead atoms. The van der Waals surface area contributed by atoms with Gasteiger partial charge >= 0.3 is 0 Å². The summed E-state index contributed by atoms with van der Waals surface area (Å²) in [5.74, 6) is -0.106. The van der Waals surface area contributed by atoms with Crippen molar-refractivity contribution in [2.45, 2.75) is 31.2 Å². The standard InChI is InChI=1S/C26H24FN7O/c1-32-13-18-6-7-20(11-22(18)31-32)34-24(15-2-3-15)23(26(35)33-9-8-19(29)14-33)30-25(34)16-4-5-17(12-28)21(27)10-16/h4-7,10-11,13,15,19H,2-3,8-9,14,29H2,1H3/t19-/m0/s1. The van der Waals surface area contributed by atoms with Crippen LogP contribution in [-0.2, 0) is 7.05 Å². The van der Waals surface area contributed by atoms with Crippen molar-refractivity contribution in [3.63, 3.8) is 0 Å². The number of fused-ring (bicyclic) bond motifs is 1.